The lowest BCUT2D eigenvalue weighted by atomic mass is 10.1. The number of nitrogens with one attached hydrogen (secondary N) is 1. The number of aliphatic imine (C=N–C) groups is 1. The van der Waals surface area contributed by atoms with Gasteiger partial charge in [0.15, 0.2) is 5.96 Å². The molecule has 6 nitrogen and oxygen atoms in total. The average molecular weight is 557 g/mol. The van der Waals surface area contributed by atoms with Gasteiger partial charge in [-0.3, -0.25) is 4.68 Å². The molecule has 8 heteroatoms. The Hall–Kier alpha value is -1.42. The normalized spacial score (nSPS) is 14.5. The maximum Gasteiger partial charge on any atom is 0.194 e. The van der Waals surface area contributed by atoms with Gasteiger partial charge in [0.1, 0.15) is 0 Å². The molecule has 0 atom stereocenters. The van der Waals surface area contributed by atoms with Gasteiger partial charge in [-0.25, -0.2) is 4.99 Å². The van der Waals surface area contributed by atoms with E-state index in [9.17, 15) is 0 Å². The number of hydrogen-bond donors (Lipinski definition) is 1. The molecule has 1 fully saturated rings. The maximum absolute atomic E-state index is 4.89. The molecule has 0 bridgehead atoms. The van der Waals surface area contributed by atoms with E-state index in [1.54, 1.807) is 0 Å². The number of benzene rings is 1. The quantitative estimate of drug-likeness (QED) is 0.313. The van der Waals surface area contributed by atoms with Crippen LogP contribution in [0.2, 0.25) is 0 Å². The van der Waals surface area contributed by atoms with Crippen LogP contribution in [0.5, 0.6) is 0 Å². The molecule has 0 aliphatic carbocycles. The van der Waals surface area contributed by atoms with Crippen molar-refractivity contribution in [3.63, 3.8) is 0 Å². The van der Waals surface area contributed by atoms with Crippen LogP contribution in [-0.4, -0.2) is 58.8 Å². The fourth-order valence-electron chi connectivity index (χ4n) is 3.76. The lowest BCUT2D eigenvalue weighted by Crippen LogP contribution is -2.38. The van der Waals surface area contributed by atoms with Gasteiger partial charge in [-0.1, -0.05) is 26.0 Å². The van der Waals surface area contributed by atoms with Crippen molar-refractivity contribution in [2.24, 2.45) is 12.0 Å². The molecule has 1 aliphatic rings. The molecular formula is C23H37IN6S. The van der Waals surface area contributed by atoms with Gasteiger partial charge in [-0.05, 0) is 30.5 Å². The van der Waals surface area contributed by atoms with Crippen molar-refractivity contribution in [1.82, 2.24) is 20.0 Å². The molecule has 0 spiro atoms. The van der Waals surface area contributed by atoms with Crippen LogP contribution in [0.3, 0.4) is 0 Å². The molecule has 1 N–H and O–H groups in total. The van der Waals surface area contributed by atoms with E-state index in [-0.39, 0.29) is 24.0 Å². The van der Waals surface area contributed by atoms with E-state index < -0.39 is 0 Å². The first-order valence-electron chi connectivity index (χ1n) is 10.9. The summed E-state index contributed by atoms with van der Waals surface area (Å²) in [6.45, 7) is 11.1. The highest BCUT2D eigenvalue weighted by atomic mass is 127. The van der Waals surface area contributed by atoms with Crippen molar-refractivity contribution in [3.8, 4) is 0 Å². The summed E-state index contributed by atoms with van der Waals surface area (Å²) in [5.41, 5.74) is 4.97. The highest BCUT2D eigenvalue weighted by Crippen LogP contribution is 2.21. The predicted molar refractivity (Wildman–Crippen MR) is 145 cm³/mol. The van der Waals surface area contributed by atoms with Crippen LogP contribution in [0.4, 0.5) is 5.69 Å². The first-order valence-corrected chi connectivity index (χ1v) is 12.1. The van der Waals surface area contributed by atoms with Gasteiger partial charge in [0, 0.05) is 69.2 Å². The van der Waals surface area contributed by atoms with Gasteiger partial charge >= 0.3 is 0 Å². The molecule has 1 aromatic carbocycles. The zero-order chi connectivity index (χ0) is 21.5. The third-order valence-corrected chi connectivity index (χ3v) is 6.25. The second-order valence-corrected chi connectivity index (χ2v) is 9.38. The van der Waals surface area contributed by atoms with Gasteiger partial charge in [0.2, 0.25) is 0 Å². The van der Waals surface area contributed by atoms with Gasteiger partial charge in [-0.2, -0.15) is 16.9 Å². The number of aryl methyl sites for hydroxylation is 1. The molecule has 31 heavy (non-hydrogen) atoms. The zero-order valence-corrected chi connectivity index (χ0v) is 22.6. The molecule has 3 rings (SSSR count). The summed E-state index contributed by atoms with van der Waals surface area (Å²) in [6.07, 6.45) is 2.12. The highest BCUT2D eigenvalue weighted by molar-refractivity contribution is 14.0. The Kier molecular flexibility index (Phi) is 10.5. The summed E-state index contributed by atoms with van der Waals surface area (Å²) in [7, 11) is 4.08. The summed E-state index contributed by atoms with van der Waals surface area (Å²) >= 11 is 2.04. The van der Waals surface area contributed by atoms with E-state index in [0.29, 0.717) is 12.5 Å². The number of hydrogen-bond acceptors (Lipinski definition) is 4. The summed E-state index contributed by atoms with van der Waals surface area (Å²) in [5.74, 6) is 3.78. The monoisotopic (exact) mass is 556 g/mol. The molecule has 2 heterocycles. The van der Waals surface area contributed by atoms with Crippen molar-refractivity contribution in [2.75, 3.05) is 43.1 Å². The minimum Gasteiger partial charge on any atom is -0.370 e. The number of guanidine groups is 1. The first kappa shape index (κ1) is 25.8. The summed E-state index contributed by atoms with van der Waals surface area (Å²) in [5, 5.41) is 8.06. The SMILES string of the molecule is CCNC(=NCc1ccc(N2CCSCC2)cc1)N(C)Cc1cn(C)nc1C(C)C.I. The minimum atomic E-state index is 0. The van der Waals surface area contributed by atoms with Crippen LogP contribution >= 0.6 is 35.7 Å². The Labute approximate surface area is 208 Å². The molecule has 1 aliphatic heterocycles. The third kappa shape index (κ3) is 7.30. The van der Waals surface area contributed by atoms with Gasteiger partial charge in [-0.15, -0.1) is 24.0 Å². The number of nitrogens with zero attached hydrogens (tertiary/aromatic N) is 5. The molecule has 2 aromatic rings. The van der Waals surface area contributed by atoms with Crippen molar-refractivity contribution >= 4 is 47.4 Å². The number of aromatic nitrogens is 2. The van der Waals surface area contributed by atoms with E-state index >= 15 is 0 Å². The lowest BCUT2D eigenvalue weighted by Gasteiger charge is -2.28. The number of thioether (sulfide) groups is 1. The average Bonchev–Trinajstić information content (AvgIpc) is 3.12. The zero-order valence-electron chi connectivity index (χ0n) is 19.5. The van der Waals surface area contributed by atoms with E-state index in [1.807, 2.05) is 23.5 Å². The second-order valence-electron chi connectivity index (χ2n) is 8.16. The molecule has 0 unspecified atom stereocenters. The van der Waals surface area contributed by atoms with E-state index in [0.717, 1.165) is 37.8 Å². The molecule has 0 amide bonds. The molecule has 1 aromatic heterocycles. The largest absolute Gasteiger partial charge is 0.370 e. The lowest BCUT2D eigenvalue weighted by molar-refractivity contribution is 0.473. The van der Waals surface area contributed by atoms with Gasteiger partial charge < -0.3 is 15.1 Å². The summed E-state index contributed by atoms with van der Waals surface area (Å²) in [6, 6.07) is 8.90. The molecule has 0 saturated carbocycles. The van der Waals surface area contributed by atoms with Gasteiger partial charge in [0.25, 0.3) is 0 Å². The van der Waals surface area contributed by atoms with Gasteiger partial charge in [0.05, 0.1) is 12.2 Å². The van der Waals surface area contributed by atoms with Crippen LogP contribution in [-0.2, 0) is 20.1 Å². The van der Waals surface area contributed by atoms with Crippen LogP contribution < -0.4 is 10.2 Å². The number of anilines is 1. The number of halogens is 1. The fraction of sp³-hybridized carbons (Fsp3) is 0.565. The Morgan fingerprint density at radius 3 is 2.52 bits per heavy atom. The van der Waals surface area contributed by atoms with E-state index in [1.165, 1.54) is 28.3 Å². The summed E-state index contributed by atoms with van der Waals surface area (Å²) in [4.78, 5) is 9.55. The summed E-state index contributed by atoms with van der Waals surface area (Å²) < 4.78 is 1.91. The number of rotatable bonds is 7. The Balaban J connectivity index is 0.00000341. The van der Waals surface area contributed by atoms with Crippen LogP contribution in [0, 0.1) is 0 Å². The second kappa shape index (κ2) is 12.6. The standard InChI is InChI=1S/C23H36N6S.HI/c1-6-24-23(27(4)16-20-17-28(5)26-22(20)18(2)3)25-15-19-7-9-21(10-8-19)29-11-13-30-14-12-29;/h7-10,17-18H,6,11-16H2,1-5H3,(H,24,25);1H. The van der Waals surface area contributed by atoms with E-state index in [4.69, 9.17) is 4.99 Å². The maximum atomic E-state index is 4.89. The predicted octanol–water partition coefficient (Wildman–Crippen LogP) is 4.31. The van der Waals surface area contributed by atoms with E-state index in [2.05, 4.69) is 78.5 Å². The third-order valence-electron chi connectivity index (χ3n) is 5.31. The Morgan fingerprint density at radius 1 is 1.23 bits per heavy atom. The van der Waals surface area contributed by atoms with Crippen molar-refractivity contribution in [3.05, 3.63) is 47.3 Å². The molecular weight excluding hydrogens is 519 g/mol. The van der Waals surface area contributed by atoms with Crippen LogP contribution in [0.25, 0.3) is 0 Å². The van der Waals surface area contributed by atoms with Crippen molar-refractivity contribution in [2.45, 2.75) is 39.8 Å². The van der Waals surface area contributed by atoms with Crippen molar-refractivity contribution < 1.29 is 0 Å². The Morgan fingerprint density at radius 2 is 1.90 bits per heavy atom. The first-order chi connectivity index (χ1) is 14.5. The molecule has 0 radical (unpaired) electrons. The van der Waals surface area contributed by atoms with Crippen LogP contribution in [0.1, 0.15) is 43.5 Å². The minimum absolute atomic E-state index is 0. The molecule has 172 valence electrons. The van der Waals surface area contributed by atoms with Crippen molar-refractivity contribution in [1.29, 1.82) is 0 Å². The topological polar surface area (TPSA) is 48.7 Å². The molecule has 1 saturated heterocycles. The highest BCUT2D eigenvalue weighted by Gasteiger charge is 2.15. The fourth-order valence-corrected chi connectivity index (χ4v) is 4.67. The van der Waals surface area contributed by atoms with Crippen LogP contribution in [0.15, 0.2) is 35.5 Å². The smallest absolute Gasteiger partial charge is 0.194 e. The Bertz CT molecular complexity index is 827.